The molecule has 1 aromatic carbocycles. The summed E-state index contributed by atoms with van der Waals surface area (Å²) in [5.41, 5.74) is 4.45. The Balaban J connectivity index is 1.45. The molecule has 186 valence electrons. The molecule has 0 aliphatic carbocycles. The molecule has 2 aliphatic rings. The van der Waals surface area contributed by atoms with Crippen molar-refractivity contribution in [3.05, 3.63) is 35.5 Å². The van der Waals surface area contributed by atoms with Gasteiger partial charge in [-0.2, -0.15) is 4.98 Å². The molecule has 0 bridgehead atoms. The lowest BCUT2D eigenvalue weighted by Crippen LogP contribution is -2.48. The fourth-order valence-electron chi connectivity index (χ4n) is 5.10. The molecule has 1 fully saturated rings. The summed E-state index contributed by atoms with van der Waals surface area (Å²) in [6.07, 6.45) is 4.21. The average molecular weight is 478 g/mol. The highest BCUT2D eigenvalue weighted by Gasteiger charge is 2.24. The van der Waals surface area contributed by atoms with E-state index in [0.717, 1.165) is 18.4 Å². The molecule has 0 radical (unpaired) electrons. The molecular formula is C26H35N7O2. The minimum Gasteiger partial charge on any atom is -0.493 e. The van der Waals surface area contributed by atoms with Gasteiger partial charge in [0.2, 0.25) is 17.7 Å². The minimum absolute atomic E-state index is 0.0891. The maximum absolute atomic E-state index is 11.7. The molecule has 0 saturated carbocycles. The summed E-state index contributed by atoms with van der Waals surface area (Å²) < 4.78 is 1.83. The van der Waals surface area contributed by atoms with Gasteiger partial charge in [0.05, 0.1) is 5.39 Å². The highest BCUT2D eigenvalue weighted by molar-refractivity contribution is 5.94. The number of aromatic hydroxyl groups is 1. The average Bonchev–Trinajstić information content (AvgIpc) is 3.19. The molecule has 4 heterocycles. The lowest BCUT2D eigenvalue weighted by Gasteiger charge is -2.34. The van der Waals surface area contributed by atoms with Crippen LogP contribution in [0.15, 0.2) is 24.4 Å². The number of hydrogen-bond donors (Lipinski definition) is 2. The molecule has 1 amide bonds. The lowest BCUT2D eigenvalue weighted by atomic mass is 9.99. The molecule has 2 aliphatic heterocycles. The Morgan fingerprint density at radius 2 is 1.91 bits per heavy atom. The van der Waals surface area contributed by atoms with E-state index in [1.54, 1.807) is 6.92 Å². The van der Waals surface area contributed by atoms with Crippen LogP contribution in [0.1, 0.15) is 44.4 Å². The van der Waals surface area contributed by atoms with Crippen molar-refractivity contribution in [3.8, 4) is 5.88 Å². The molecule has 1 saturated heterocycles. The number of fused-ring (bicyclic) bond motifs is 2. The van der Waals surface area contributed by atoms with Crippen molar-refractivity contribution in [2.45, 2.75) is 46.2 Å². The van der Waals surface area contributed by atoms with Crippen molar-refractivity contribution in [1.29, 1.82) is 0 Å². The molecular weight excluding hydrogens is 442 g/mol. The second kappa shape index (κ2) is 9.28. The fraction of sp³-hybridized carbons (Fsp3) is 0.500. The van der Waals surface area contributed by atoms with Gasteiger partial charge in [-0.15, -0.1) is 0 Å². The Bertz CT molecular complexity index is 1240. The summed E-state index contributed by atoms with van der Waals surface area (Å²) in [6, 6.07) is 6.76. The summed E-state index contributed by atoms with van der Waals surface area (Å²) in [4.78, 5) is 27.6. The highest BCUT2D eigenvalue weighted by Crippen LogP contribution is 2.34. The zero-order valence-corrected chi connectivity index (χ0v) is 21.1. The van der Waals surface area contributed by atoms with Crippen LogP contribution in [0.2, 0.25) is 0 Å². The van der Waals surface area contributed by atoms with E-state index in [9.17, 15) is 9.90 Å². The van der Waals surface area contributed by atoms with E-state index in [-0.39, 0.29) is 17.8 Å². The van der Waals surface area contributed by atoms with Crippen molar-refractivity contribution in [2.75, 3.05) is 54.9 Å². The van der Waals surface area contributed by atoms with Crippen molar-refractivity contribution in [2.24, 2.45) is 0 Å². The predicted molar refractivity (Wildman–Crippen MR) is 139 cm³/mol. The lowest BCUT2D eigenvalue weighted by molar-refractivity contribution is -0.129. The second-order valence-electron chi connectivity index (χ2n) is 9.92. The van der Waals surface area contributed by atoms with E-state index >= 15 is 0 Å². The number of piperazine rings is 1. The zero-order chi connectivity index (χ0) is 24.7. The van der Waals surface area contributed by atoms with Gasteiger partial charge < -0.3 is 29.7 Å². The van der Waals surface area contributed by atoms with Gasteiger partial charge in [-0.05, 0) is 43.9 Å². The summed E-state index contributed by atoms with van der Waals surface area (Å²) in [5.74, 6) is 1.53. The number of carbonyl (C=O) groups excluding carboxylic acids is 1. The van der Waals surface area contributed by atoms with Gasteiger partial charge in [0.1, 0.15) is 11.3 Å². The molecule has 5 rings (SSSR count). The van der Waals surface area contributed by atoms with Gasteiger partial charge >= 0.3 is 0 Å². The molecule has 9 nitrogen and oxygen atoms in total. The number of nitrogens with one attached hydrogen (secondary N) is 1. The van der Waals surface area contributed by atoms with Gasteiger partial charge in [-0.25, -0.2) is 4.98 Å². The summed E-state index contributed by atoms with van der Waals surface area (Å²) in [6.45, 7) is 10.0. The van der Waals surface area contributed by atoms with E-state index in [4.69, 9.17) is 9.97 Å². The van der Waals surface area contributed by atoms with E-state index in [1.807, 2.05) is 29.5 Å². The molecule has 3 aromatic rings. The highest BCUT2D eigenvalue weighted by atomic mass is 16.3. The number of carbonyl (C=O) groups is 1. The zero-order valence-electron chi connectivity index (χ0n) is 21.1. The van der Waals surface area contributed by atoms with Gasteiger partial charge in [0.25, 0.3) is 0 Å². The Hall–Kier alpha value is -3.49. The Labute approximate surface area is 206 Å². The number of nitrogens with zero attached hydrogens (tertiary/aromatic N) is 6. The van der Waals surface area contributed by atoms with Crippen LogP contribution in [0, 0.1) is 0 Å². The van der Waals surface area contributed by atoms with Crippen LogP contribution >= 0.6 is 0 Å². The Morgan fingerprint density at radius 3 is 2.63 bits per heavy atom. The van der Waals surface area contributed by atoms with Crippen LogP contribution in [-0.4, -0.2) is 70.2 Å². The number of benzene rings is 1. The van der Waals surface area contributed by atoms with Crippen LogP contribution in [0.4, 0.5) is 17.5 Å². The van der Waals surface area contributed by atoms with Crippen LogP contribution in [0.25, 0.3) is 10.9 Å². The minimum atomic E-state index is 0.0891. The van der Waals surface area contributed by atoms with E-state index in [2.05, 4.69) is 40.4 Å². The Morgan fingerprint density at radius 1 is 1.14 bits per heavy atom. The maximum Gasteiger partial charge on any atom is 0.228 e. The number of rotatable bonds is 5. The topological polar surface area (TPSA) is 89.8 Å². The summed E-state index contributed by atoms with van der Waals surface area (Å²) >= 11 is 0. The normalized spacial score (nSPS) is 16.2. The van der Waals surface area contributed by atoms with Crippen molar-refractivity contribution >= 4 is 34.3 Å². The van der Waals surface area contributed by atoms with Crippen LogP contribution in [0.5, 0.6) is 5.88 Å². The van der Waals surface area contributed by atoms with Gasteiger partial charge in [-0.1, -0.05) is 12.1 Å². The molecule has 0 atom stereocenters. The third-order valence-electron chi connectivity index (χ3n) is 7.18. The third kappa shape index (κ3) is 4.47. The molecule has 9 heteroatoms. The first-order chi connectivity index (χ1) is 16.8. The molecule has 2 N–H and O–H groups in total. The first-order valence-electron chi connectivity index (χ1n) is 12.5. The van der Waals surface area contributed by atoms with E-state index in [0.29, 0.717) is 50.0 Å². The van der Waals surface area contributed by atoms with Crippen molar-refractivity contribution in [3.63, 3.8) is 0 Å². The van der Waals surface area contributed by atoms with Crippen molar-refractivity contribution in [1.82, 2.24) is 19.4 Å². The third-order valence-corrected chi connectivity index (χ3v) is 7.18. The predicted octanol–water partition coefficient (Wildman–Crippen LogP) is 3.38. The molecule has 0 unspecified atom stereocenters. The molecule has 0 spiro atoms. The van der Waals surface area contributed by atoms with Gasteiger partial charge in [0, 0.05) is 71.2 Å². The fourth-order valence-corrected chi connectivity index (χ4v) is 5.10. The summed E-state index contributed by atoms with van der Waals surface area (Å²) in [7, 11) is 2.15. The number of aromatic nitrogens is 3. The largest absolute Gasteiger partial charge is 0.493 e. The van der Waals surface area contributed by atoms with Gasteiger partial charge in [-0.3, -0.25) is 4.79 Å². The standard InChI is InChI=1S/C26H35N7O2/c1-17(2)33-16-21-23(25(33)35)28-26(32-12-10-31(11-13-32)18(3)34)29-24(21)27-15-19-7-8-22-20(14-19)6-5-9-30(22)4/h7-8,14,16-17,35H,5-6,9-13,15H2,1-4H3,(H,27,28,29). The number of aryl methyl sites for hydroxylation is 1. The van der Waals surface area contributed by atoms with Gasteiger partial charge in [0.15, 0.2) is 0 Å². The van der Waals surface area contributed by atoms with Crippen LogP contribution in [-0.2, 0) is 17.8 Å². The van der Waals surface area contributed by atoms with E-state index < -0.39 is 0 Å². The van der Waals surface area contributed by atoms with Crippen molar-refractivity contribution < 1.29 is 9.90 Å². The maximum atomic E-state index is 11.7. The first kappa shape index (κ1) is 23.3. The molecule has 35 heavy (non-hydrogen) atoms. The Kier molecular flexibility index (Phi) is 6.17. The molecule has 2 aromatic heterocycles. The monoisotopic (exact) mass is 477 g/mol. The number of hydrogen-bond acceptors (Lipinski definition) is 7. The second-order valence-corrected chi connectivity index (χ2v) is 9.92. The van der Waals surface area contributed by atoms with Crippen LogP contribution < -0.4 is 15.1 Å². The number of amides is 1. The quantitative estimate of drug-likeness (QED) is 0.582. The van der Waals surface area contributed by atoms with Crippen LogP contribution in [0.3, 0.4) is 0 Å². The summed E-state index contributed by atoms with van der Waals surface area (Å²) in [5, 5.41) is 15.3. The SMILES string of the molecule is CC(=O)N1CCN(c2nc(NCc3ccc4c(c3)CCCN4C)c3cn(C(C)C)c(O)c3n2)CC1. The van der Waals surface area contributed by atoms with E-state index in [1.165, 1.54) is 23.2 Å². The smallest absolute Gasteiger partial charge is 0.228 e. The first-order valence-corrected chi connectivity index (χ1v) is 12.5. The number of anilines is 3.